The molecule has 1 saturated carbocycles. The van der Waals surface area contributed by atoms with Crippen molar-refractivity contribution in [2.45, 2.75) is 18.4 Å². The Balaban J connectivity index is 2.63. The summed E-state index contributed by atoms with van der Waals surface area (Å²) >= 11 is 5.63. The minimum absolute atomic E-state index is 0.122. The van der Waals surface area contributed by atoms with E-state index in [1.165, 1.54) is 13.2 Å². The van der Waals surface area contributed by atoms with Gasteiger partial charge in [0.2, 0.25) is 5.82 Å². The van der Waals surface area contributed by atoms with Crippen molar-refractivity contribution >= 4 is 11.6 Å². The van der Waals surface area contributed by atoms with Gasteiger partial charge in [0.15, 0.2) is 11.5 Å². The van der Waals surface area contributed by atoms with Crippen LogP contribution in [0.25, 0.3) is 0 Å². The molecule has 0 aliphatic heterocycles. The van der Waals surface area contributed by atoms with Gasteiger partial charge in [-0.15, -0.1) is 0 Å². The predicted octanol–water partition coefficient (Wildman–Crippen LogP) is 2.17. The molecule has 3 nitrogen and oxygen atoms in total. The third-order valence-electron chi connectivity index (χ3n) is 2.58. The third-order valence-corrected chi connectivity index (χ3v) is 2.87. The lowest BCUT2D eigenvalue weighted by molar-refractivity contribution is 0.146. The van der Waals surface area contributed by atoms with Gasteiger partial charge in [0.1, 0.15) is 0 Å². The Kier molecular flexibility index (Phi) is 2.28. The molecule has 2 N–H and O–H groups in total. The molecule has 0 unspecified atom stereocenters. The van der Waals surface area contributed by atoms with Crippen LogP contribution in [0.4, 0.5) is 4.39 Å². The van der Waals surface area contributed by atoms with E-state index in [-0.39, 0.29) is 10.8 Å². The minimum atomic E-state index is -1.05. The summed E-state index contributed by atoms with van der Waals surface area (Å²) in [5.41, 5.74) is -0.755. The highest BCUT2D eigenvalue weighted by atomic mass is 35.5. The van der Waals surface area contributed by atoms with E-state index in [1.54, 1.807) is 0 Å². The molecule has 1 aliphatic rings. The summed E-state index contributed by atoms with van der Waals surface area (Å²) in [5.74, 6) is -1.72. The Morgan fingerprint density at radius 3 is 2.60 bits per heavy atom. The topological polar surface area (TPSA) is 49.7 Å². The second kappa shape index (κ2) is 3.25. The highest BCUT2D eigenvalue weighted by molar-refractivity contribution is 6.32. The lowest BCUT2D eigenvalue weighted by Gasteiger charge is -2.15. The Morgan fingerprint density at radius 2 is 2.13 bits per heavy atom. The molecule has 15 heavy (non-hydrogen) atoms. The maximum atomic E-state index is 13.5. The van der Waals surface area contributed by atoms with Gasteiger partial charge in [0.05, 0.1) is 17.7 Å². The van der Waals surface area contributed by atoms with Crippen LogP contribution in [-0.4, -0.2) is 17.3 Å². The molecule has 5 heteroatoms. The molecule has 0 atom stereocenters. The molecule has 1 aromatic carbocycles. The van der Waals surface area contributed by atoms with Gasteiger partial charge in [0.25, 0.3) is 0 Å². The summed E-state index contributed by atoms with van der Waals surface area (Å²) < 4.78 is 18.3. The van der Waals surface area contributed by atoms with Crippen molar-refractivity contribution in [3.8, 4) is 11.5 Å². The average molecular weight is 233 g/mol. The number of phenols is 1. The number of aromatic hydroxyl groups is 1. The van der Waals surface area contributed by atoms with Gasteiger partial charge in [0, 0.05) is 5.56 Å². The fraction of sp³-hybridized carbons (Fsp3) is 0.400. The first-order valence-corrected chi connectivity index (χ1v) is 4.85. The van der Waals surface area contributed by atoms with Crippen LogP contribution in [0, 0.1) is 5.82 Å². The van der Waals surface area contributed by atoms with E-state index in [2.05, 4.69) is 0 Å². The number of methoxy groups -OCH3 is 1. The fourth-order valence-electron chi connectivity index (χ4n) is 1.52. The van der Waals surface area contributed by atoms with Crippen molar-refractivity contribution in [2.24, 2.45) is 0 Å². The molecular weight excluding hydrogens is 223 g/mol. The number of aliphatic hydroxyl groups is 1. The van der Waals surface area contributed by atoms with Crippen molar-refractivity contribution in [2.75, 3.05) is 7.11 Å². The molecular formula is C10H10ClFO3. The summed E-state index contributed by atoms with van der Waals surface area (Å²) in [6.45, 7) is 0. The van der Waals surface area contributed by atoms with Crippen molar-refractivity contribution in [3.63, 3.8) is 0 Å². The monoisotopic (exact) mass is 232 g/mol. The van der Waals surface area contributed by atoms with Gasteiger partial charge in [-0.3, -0.25) is 0 Å². The van der Waals surface area contributed by atoms with Crippen LogP contribution >= 0.6 is 11.6 Å². The van der Waals surface area contributed by atoms with E-state index in [4.69, 9.17) is 16.3 Å². The van der Waals surface area contributed by atoms with E-state index >= 15 is 0 Å². The largest absolute Gasteiger partial charge is 0.504 e. The zero-order valence-corrected chi connectivity index (χ0v) is 8.81. The summed E-state index contributed by atoms with van der Waals surface area (Å²) in [5, 5.41) is 19.0. The van der Waals surface area contributed by atoms with Crippen LogP contribution in [0.2, 0.25) is 5.02 Å². The second-order valence-electron chi connectivity index (χ2n) is 3.63. The second-order valence-corrected chi connectivity index (χ2v) is 4.04. The molecule has 0 amide bonds. The van der Waals surface area contributed by atoms with E-state index in [9.17, 15) is 14.6 Å². The number of benzene rings is 1. The molecule has 0 radical (unpaired) electrons. The van der Waals surface area contributed by atoms with Crippen molar-refractivity contribution < 1.29 is 19.3 Å². The quantitative estimate of drug-likeness (QED) is 0.822. The van der Waals surface area contributed by atoms with E-state index in [0.717, 1.165) is 0 Å². The lowest BCUT2D eigenvalue weighted by Crippen LogP contribution is -2.08. The van der Waals surface area contributed by atoms with Crippen LogP contribution in [0.3, 0.4) is 0 Å². The molecule has 82 valence electrons. The van der Waals surface area contributed by atoms with Gasteiger partial charge >= 0.3 is 0 Å². The normalized spacial score (nSPS) is 17.6. The summed E-state index contributed by atoms with van der Waals surface area (Å²) in [7, 11) is 1.28. The molecule has 1 aliphatic carbocycles. The third kappa shape index (κ3) is 1.54. The van der Waals surface area contributed by atoms with Crippen LogP contribution in [0.1, 0.15) is 18.4 Å². The van der Waals surface area contributed by atoms with Crippen molar-refractivity contribution in [1.82, 2.24) is 0 Å². The van der Waals surface area contributed by atoms with E-state index < -0.39 is 17.2 Å². The van der Waals surface area contributed by atoms with Gasteiger partial charge in [-0.1, -0.05) is 11.6 Å². The first kappa shape index (κ1) is 10.5. The molecule has 1 fully saturated rings. The van der Waals surface area contributed by atoms with Crippen molar-refractivity contribution in [1.29, 1.82) is 0 Å². The Bertz CT molecular complexity index is 416. The number of hydrogen-bond acceptors (Lipinski definition) is 3. The SMILES string of the molecule is COc1c(C2(O)CC2)cc(Cl)c(O)c1F. The highest BCUT2D eigenvalue weighted by Crippen LogP contribution is 2.51. The molecule has 0 aromatic heterocycles. The molecule has 0 bridgehead atoms. The first-order chi connectivity index (χ1) is 6.99. The number of hydrogen-bond donors (Lipinski definition) is 2. The Hall–Kier alpha value is -1.00. The van der Waals surface area contributed by atoms with E-state index in [1.807, 2.05) is 0 Å². The van der Waals surface area contributed by atoms with Gasteiger partial charge < -0.3 is 14.9 Å². The first-order valence-electron chi connectivity index (χ1n) is 4.47. The van der Waals surface area contributed by atoms with Gasteiger partial charge in [-0.05, 0) is 18.9 Å². The number of halogens is 2. The van der Waals surface area contributed by atoms with Crippen LogP contribution < -0.4 is 4.74 Å². The zero-order valence-electron chi connectivity index (χ0n) is 8.05. The van der Waals surface area contributed by atoms with Crippen LogP contribution in [-0.2, 0) is 5.60 Å². The van der Waals surface area contributed by atoms with Gasteiger partial charge in [-0.2, -0.15) is 4.39 Å². The van der Waals surface area contributed by atoms with Crippen molar-refractivity contribution in [3.05, 3.63) is 22.5 Å². The number of phenolic OH excluding ortho intramolecular Hbond substituents is 1. The predicted molar refractivity (Wildman–Crippen MR) is 52.8 cm³/mol. The van der Waals surface area contributed by atoms with E-state index in [0.29, 0.717) is 18.4 Å². The fourth-order valence-corrected chi connectivity index (χ4v) is 1.72. The molecule has 0 spiro atoms. The summed E-state index contributed by atoms with van der Waals surface area (Å²) in [6.07, 6.45) is 1.09. The zero-order chi connectivity index (χ0) is 11.2. The summed E-state index contributed by atoms with van der Waals surface area (Å²) in [6, 6.07) is 1.34. The molecule has 2 rings (SSSR count). The van der Waals surface area contributed by atoms with Gasteiger partial charge in [-0.25, -0.2) is 0 Å². The molecule has 1 aromatic rings. The van der Waals surface area contributed by atoms with Crippen LogP contribution in [0.5, 0.6) is 11.5 Å². The minimum Gasteiger partial charge on any atom is -0.504 e. The number of rotatable bonds is 2. The maximum absolute atomic E-state index is 13.5. The lowest BCUT2D eigenvalue weighted by atomic mass is 10.1. The Labute approximate surface area is 91.1 Å². The summed E-state index contributed by atoms with van der Waals surface area (Å²) in [4.78, 5) is 0. The number of ether oxygens (including phenoxy) is 1. The molecule has 0 heterocycles. The standard InChI is InChI=1S/C10H10ClFO3/c1-15-9-5(10(14)2-3-10)4-6(11)8(13)7(9)12/h4,13-14H,2-3H2,1H3. The maximum Gasteiger partial charge on any atom is 0.208 e. The van der Waals surface area contributed by atoms with Crippen LogP contribution in [0.15, 0.2) is 6.07 Å². The molecule has 0 saturated heterocycles. The smallest absolute Gasteiger partial charge is 0.208 e. The highest BCUT2D eigenvalue weighted by Gasteiger charge is 2.45. The Morgan fingerprint density at radius 1 is 1.53 bits per heavy atom. The average Bonchev–Trinajstić information content (AvgIpc) is 2.94.